The van der Waals surface area contributed by atoms with Gasteiger partial charge < -0.3 is 14.8 Å². The molecule has 2 aromatic carbocycles. The van der Waals surface area contributed by atoms with Gasteiger partial charge in [-0.05, 0) is 48.7 Å². The Morgan fingerprint density at radius 3 is 2.41 bits per heavy atom. The van der Waals surface area contributed by atoms with Crippen LogP contribution < -0.4 is 10.1 Å². The van der Waals surface area contributed by atoms with Gasteiger partial charge in [0.15, 0.2) is 0 Å². The van der Waals surface area contributed by atoms with E-state index in [1.165, 1.54) is 40.0 Å². The second-order valence-corrected chi connectivity index (χ2v) is 13.2. The van der Waals surface area contributed by atoms with E-state index >= 15 is 0 Å². The average molecular weight is 572 g/mol. The Labute approximate surface area is 222 Å². The molecular weight excluding hydrogens is 542 g/mol. The van der Waals surface area contributed by atoms with E-state index in [1.54, 1.807) is 18.2 Å². The molecule has 0 aromatic heterocycles. The zero-order chi connectivity index (χ0) is 26.6. The summed E-state index contributed by atoms with van der Waals surface area (Å²) in [6, 6.07) is 10.8. The summed E-state index contributed by atoms with van der Waals surface area (Å²) in [7, 11) is -6.12. The molecule has 1 N–H and O–H groups in total. The number of piperidine rings is 1. The van der Waals surface area contributed by atoms with E-state index in [0.717, 1.165) is 5.56 Å². The van der Waals surface area contributed by atoms with Crippen LogP contribution in [0.5, 0.6) is 5.75 Å². The van der Waals surface area contributed by atoms with Crippen LogP contribution >= 0.6 is 11.6 Å². The van der Waals surface area contributed by atoms with Gasteiger partial charge in [0.05, 0.1) is 31.1 Å². The number of ether oxygens (including phenoxy) is 2. The van der Waals surface area contributed by atoms with Crippen LogP contribution in [0.15, 0.2) is 52.3 Å². The standard InChI is InChI=1S/C24H30ClN3O7S2/c1-34-22-9-6-20(25)15-23(22)37(32,33)28-10-2-3-19(17-28)24(29)26-16-18-4-7-21(8-5-18)36(30,31)27-11-13-35-14-12-27/h4-9,15,19H,2-3,10-14,16-17H2,1H3,(H,26,29)/t19-/m1/s1. The molecule has 2 saturated heterocycles. The summed E-state index contributed by atoms with van der Waals surface area (Å²) in [5, 5.41) is 3.12. The highest BCUT2D eigenvalue weighted by Gasteiger charge is 2.35. The predicted octanol–water partition coefficient (Wildman–Crippen LogP) is 2.09. The maximum absolute atomic E-state index is 13.3. The SMILES string of the molecule is COc1ccc(Cl)cc1S(=O)(=O)N1CCC[C@@H](C(=O)NCc2ccc(S(=O)(=O)N3CCOCC3)cc2)C1. The highest BCUT2D eigenvalue weighted by atomic mass is 35.5. The van der Waals surface area contributed by atoms with Crippen molar-refractivity contribution in [3.05, 3.63) is 53.1 Å². The fourth-order valence-electron chi connectivity index (χ4n) is 4.41. The van der Waals surface area contributed by atoms with Gasteiger partial charge in [0.1, 0.15) is 10.6 Å². The second-order valence-electron chi connectivity index (χ2n) is 8.88. The lowest BCUT2D eigenvalue weighted by atomic mass is 9.99. The molecule has 2 aliphatic heterocycles. The number of halogens is 1. The van der Waals surface area contributed by atoms with E-state index in [9.17, 15) is 21.6 Å². The molecule has 2 fully saturated rings. The van der Waals surface area contributed by atoms with Crippen LogP contribution in [0.2, 0.25) is 5.02 Å². The molecule has 2 aromatic rings. The summed E-state index contributed by atoms with van der Waals surface area (Å²) in [5.41, 5.74) is 0.734. The van der Waals surface area contributed by atoms with Gasteiger partial charge in [0.2, 0.25) is 26.0 Å². The Morgan fingerprint density at radius 1 is 1.03 bits per heavy atom. The summed E-state index contributed by atoms with van der Waals surface area (Å²) in [4.78, 5) is 13.1. The minimum atomic E-state index is -3.91. The maximum Gasteiger partial charge on any atom is 0.246 e. The largest absolute Gasteiger partial charge is 0.495 e. The monoisotopic (exact) mass is 571 g/mol. The van der Waals surface area contributed by atoms with Gasteiger partial charge in [-0.3, -0.25) is 4.79 Å². The molecule has 0 saturated carbocycles. The lowest BCUT2D eigenvalue weighted by Gasteiger charge is -2.31. The molecule has 13 heteroatoms. The first-order valence-electron chi connectivity index (χ1n) is 11.9. The second kappa shape index (κ2) is 11.7. The number of nitrogens with one attached hydrogen (secondary N) is 1. The number of carbonyl (C=O) groups is 1. The molecule has 10 nitrogen and oxygen atoms in total. The number of hydrogen-bond donors (Lipinski definition) is 1. The molecule has 1 atom stereocenters. The normalized spacial score (nSPS) is 19.9. The van der Waals surface area contributed by atoms with Crippen molar-refractivity contribution in [3.8, 4) is 5.75 Å². The molecule has 0 spiro atoms. The Balaban J connectivity index is 1.38. The number of hydrogen-bond acceptors (Lipinski definition) is 7. The molecule has 0 unspecified atom stereocenters. The fourth-order valence-corrected chi connectivity index (χ4v) is 7.76. The van der Waals surface area contributed by atoms with Crippen LogP contribution in [-0.2, 0) is 36.1 Å². The van der Waals surface area contributed by atoms with Crippen molar-refractivity contribution in [2.75, 3.05) is 46.5 Å². The van der Waals surface area contributed by atoms with E-state index in [0.29, 0.717) is 45.7 Å². The van der Waals surface area contributed by atoms with Crippen molar-refractivity contribution in [2.45, 2.75) is 29.2 Å². The van der Waals surface area contributed by atoms with Gasteiger partial charge in [0, 0.05) is 37.7 Å². The van der Waals surface area contributed by atoms with Crippen molar-refractivity contribution < 1.29 is 31.1 Å². The molecule has 2 aliphatic rings. The maximum atomic E-state index is 13.3. The molecular formula is C24H30ClN3O7S2. The zero-order valence-electron chi connectivity index (χ0n) is 20.4. The molecule has 37 heavy (non-hydrogen) atoms. The highest BCUT2D eigenvalue weighted by Crippen LogP contribution is 2.32. The van der Waals surface area contributed by atoms with E-state index in [2.05, 4.69) is 5.32 Å². The number of amides is 1. The summed E-state index contributed by atoms with van der Waals surface area (Å²) in [6.45, 7) is 1.91. The van der Waals surface area contributed by atoms with Crippen LogP contribution in [0.1, 0.15) is 18.4 Å². The molecule has 0 bridgehead atoms. The third kappa shape index (κ3) is 6.27. The van der Waals surface area contributed by atoms with Crippen molar-refractivity contribution in [1.29, 1.82) is 0 Å². The number of nitrogens with zero attached hydrogens (tertiary/aromatic N) is 2. The van der Waals surface area contributed by atoms with Crippen LogP contribution in [0.3, 0.4) is 0 Å². The van der Waals surface area contributed by atoms with Gasteiger partial charge in [-0.25, -0.2) is 16.8 Å². The lowest BCUT2D eigenvalue weighted by Crippen LogP contribution is -2.45. The fraction of sp³-hybridized carbons (Fsp3) is 0.458. The first-order valence-corrected chi connectivity index (χ1v) is 15.2. The van der Waals surface area contributed by atoms with Crippen LogP contribution in [0.25, 0.3) is 0 Å². The number of methoxy groups -OCH3 is 1. The van der Waals surface area contributed by atoms with Gasteiger partial charge in [-0.1, -0.05) is 23.7 Å². The number of rotatable bonds is 8. The molecule has 202 valence electrons. The average Bonchev–Trinajstić information content (AvgIpc) is 2.92. The molecule has 0 radical (unpaired) electrons. The number of benzene rings is 2. The molecule has 1 amide bonds. The Bertz CT molecular complexity index is 1330. The van der Waals surface area contributed by atoms with Crippen molar-refractivity contribution in [2.24, 2.45) is 5.92 Å². The highest BCUT2D eigenvalue weighted by molar-refractivity contribution is 7.89. The quantitative estimate of drug-likeness (QED) is 0.515. The third-order valence-corrected chi connectivity index (χ3v) is 10.5. The molecule has 2 heterocycles. The summed E-state index contributed by atoms with van der Waals surface area (Å²) in [6.07, 6.45) is 1.09. The van der Waals surface area contributed by atoms with E-state index < -0.39 is 26.0 Å². The summed E-state index contributed by atoms with van der Waals surface area (Å²) >= 11 is 6.03. The van der Waals surface area contributed by atoms with Gasteiger partial charge in [0.25, 0.3) is 0 Å². The minimum Gasteiger partial charge on any atom is -0.495 e. The van der Waals surface area contributed by atoms with Gasteiger partial charge in [-0.15, -0.1) is 0 Å². The van der Waals surface area contributed by atoms with E-state index in [1.807, 2.05) is 0 Å². The Morgan fingerprint density at radius 2 is 1.73 bits per heavy atom. The summed E-state index contributed by atoms with van der Waals surface area (Å²) < 4.78 is 65.3. The van der Waals surface area contributed by atoms with Crippen LogP contribution in [0.4, 0.5) is 0 Å². The number of morpholine rings is 1. The number of sulfonamides is 2. The molecule has 0 aliphatic carbocycles. The summed E-state index contributed by atoms with van der Waals surface area (Å²) in [5.74, 6) is -0.590. The predicted molar refractivity (Wildman–Crippen MR) is 137 cm³/mol. The lowest BCUT2D eigenvalue weighted by molar-refractivity contribution is -0.126. The van der Waals surface area contributed by atoms with Gasteiger partial charge in [-0.2, -0.15) is 8.61 Å². The van der Waals surface area contributed by atoms with Crippen molar-refractivity contribution >= 4 is 37.6 Å². The van der Waals surface area contributed by atoms with E-state index in [4.69, 9.17) is 21.1 Å². The van der Waals surface area contributed by atoms with E-state index in [-0.39, 0.29) is 39.6 Å². The zero-order valence-corrected chi connectivity index (χ0v) is 22.8. The van der Waals surface area contributed by atoms with Crippen molar-refractivity contribution in [1.82, 2.24) is 13.9 Å². The van der Waals surface area contributed by atoms with Crippen LogP contribution in [-0.4, -0.2) is 77.9 Å². The number of carbonyl (C=O) groups excluding carboxylic acids is 1. The molecule has 4 rings (SSSR count). The topological polar surface area (TPSA) is 122 Å². The van der Waals surface area contributed by atoms with Crippen LogP contribution in [0, 0.1) is 5.92 Å². The Kier molecular flexibility index (Phi) is 8.77. The van der Waals surface area contributed by atoms with Gasteiger partial charge >= 0.3 is 0 Å². The minimum absolute atomic E-state index is 0.0318. The first-order chi connectivity index (χ1) is 17.6. The third-order valence-electron chi connectivity index (χ3n) is 6.50. The van der Waals surface area contributed by atoms with Crippen molar-refractivity contribution in [3.63, 3.8) is 0 Å². The first kappa shape index (κ1) is 27.8. The Hall–Kier alpha value is -2.22. The smallest absolute Gasteiger partial charge is 0.246 e.